The molecule has 1 N–H and O–H groups in total. The van der Waals surface area contributed by atoms with Crippen molar-refractivity contribution in [1.29, 1.82) is 0 Å². The Kier molecular flexibility index (Phi) is 5.16. The number of sulfonamides is 1. The molecule has 0 unspecified atom stereocenters. The topological polar surface area (TPSA) is 59.1 Å². The second kappa shape index (κ2) is 7.21. The first-order chi connectivity index (χ1) is 12.3. The van der Waals surface area contributed by atoms with Gasteiger partial charge in [-0.15, -0.1) is 0 Å². The van der Waals surface area contributed by atoms with Gasteiger partial charge in [-0.1, -0.05) is 35.4 Å². The molecule has 0 saturated heterocycles. The molecule has 2 aromatic carbocycles. The fourth-order valence-corrected chi connectivity index (χ4v) is 4.16. The van der Waals surface area contributed by atoms with Gasteiger partial charge in [0.1, 0.15) is 4.60 Å². The van der Waals surface area contributed by atoms with Crippen LogP contribution in [0.5, 0.6) is 0 Å². The van der Waals surface area contributed by atoms with E-state index < -0.39 is 10.0 Å². The van der Waals surface area contributed by atoms with E-state index in [1.54, 1.807) is 30.5 Å². The Morgan fingerprint density at radius 2 is 1.62 bits per heavy atom. The van der Waals surface area contributed by atoms with Gasteiger partial charge in [0.2, 0.25) is 0 Å². The number of aryl methyl sites for hydroxylation is 3. The molecule has 0 atom stereocenters. The van der Waals surface area contributed by atoms with E-state index in [2.05, 4.69) is 25.6 Å². The molecular weight excluding hydrogens is 412 g/mol. The van der Waals surface area contributed by atoms with Crippen molar-refractivity contribution in [2.24, 2.45) is 0 Å². The number of hydrogen-bond acceptors (Lipinski definition) is 3. The van der Waals surface area contributed by atoms with Gasteiger partial charge in [0.25, 0.3) is 10.0 Å². The van der Waals surface area contributed by atoms with Crippen LogP contribution in [0.3, 0.4) is 0 Å². The zero-order chi connectivity index (χ0) is 18.9. The zero-order valence-electron chi connectivity index (χ0n) is 14.7. The van der Waals surface area contributed by atoms with Gasteiger partial charge in [-0.3, -0.25) is 4.72 Å². The van der Waals surface area contributed by atoms with Crippen molar-refractivity contribution < 1.29 is 8.42 Å². The van der Waals surface area contributed by atoms with Crippen LogP contribution in [-0.4, -0.2) is 13.4 Å². The zero-order valence-corrected chi connectivity index (χ0v) is 17.1. The average molecular weight is 431 g/mol. The molecule has 0 bridgehead atoms. The summed E-state index contributed by atoms with van der Waals surface area (Å²) in [5, 5.41) is 0. The average Bonchev–Trinajstić information content (AvgIpc) is 2.58. The van der Waals surface area contributed by atoms with Gasteiger partial charge in [0.05, 0.1) is 10.6 Å². The molecule has 4 nitrogen and oxygen atoms in total. The number of aromatic nitrogens is 1. The Bertz CT molecular complexity index is 1040. The molecule has 1 aromatic heterocycles. The third-order valence-corrected chi connectivity index (χ3v) is 5.92. The van der Waals surface area contributed by atoms with Crippen molar-refractivity contribution in [3.8, 4) is 11.1 Å². The van der Waals surface area contributed by atoms with Gasteiger partial charge in [-0.05, 0) is 66.5 Å². The number of pyridine rings is 1. The maximum Gasteiger partial charge on any atom is 0.261 e. The van der Waals surface area contributed by atoms with E-state index in [-0.39, 0.29) is 4.90 Å². The summed E-state index contributed by atoms with van der Waals surface area (Å²) in [4.78, 5) is 4.50. The highest BCUT2D eigenvalue weighted by molar-refractivity contribution is 9.10. The Labute approximate surface area is 162 Å². The van der Waals surface area contributed by atoms with Gasteiger partial charge in [-0.2, -0.15) is 0 Å². The smallest absolute Gasteiger partial charge is 0.261 e. The van der Waals surface area contributed by atoms with Crippen LogP contribution >= 0.6 is 15.9 Å². The molecule has 6 heteroatoms. The lowest BCUT2D eigenvalue weighted by Gasteiger charge is -2.17. The number of anilines is 1. The maximum atomic E-state index is 12.9. The molecule has 0 aliphatic heterocycles. The first-order valence-corrected chi connectivity index (χ1v) is 10.4. The SMILES string of the molecule is Cc1ccc(S(=O)(=O)Nc2c(C)cc(C)cc2-c2ccc(Br)nc2)cc1. The monoisotopic (exact) mass is 430 g/mol. The summed E-state index contributed by atoms with van der Waals surface area (Å²) < 4.78 is 29.2. The molecule has 0 aliphatic carbocycles. The Morgan fingerprint density at radius 3 is 2.23 bits per heavy atom. The lowest BCUT2D eigenvalue weighted by Crippen LogP contribution is -2.14. The van der Waals surface area contributed by atoms with Crippen LogP contribution in [0.2, 0.25) is 0 Å². The van der Waals surface area contributed by atoms with Crippen molar-refractivity contribution in [1.82, 2.24) is 4.98 Å². The van der Waals surface area contributed by atoms with Crippen LogP contribution in [0.1, 0.15) is 16.7 Å². The molecule has 0 fully saturated rings. The minimum absolute atomic E-state index is 0.239. The molecule has 0 saturated carbocycles. The van der Waals surface area contributed by atoms with Crippen LogP contribution in [-0.2, 0) is 10.0 Å². The van der Waals surface area contributed by atoms with Gasteiger partial charge >= 0.3 is 0 Å². The van der Waals surface area contributed by atoms with E-state index >= 15 is 0 Å². The van der Waals surface area contributed by atoms with E-state index in [0.29, 0.717) is 5.69 Å². The quantitative estimate of drug-likeness (QED) is 0.575. The lowest BCUT2D eigenvalue weighted by molar-refractivity contribution is 0.601. The summed E-state index contributed by atoms with van der Waals surface area (Å²) >= 11 is 3.33. The second-order valence-corrected chi connectivity index (χ2v) is 8.79. The summed E-state index contributed by atoms with van der Waals surface area (Å²) in [5.41, 5.74) is 5.15. The van der Waals surface area contributed by atoms with Crippen molar-refractivity contribution in [3.05, 3.63) is 76.0 Å². The predicted molar refractivity (Wildman–Crippen MR) is 109 cm³/mol. The van der Waals surface area contributed by atoms with E-state index in [0.717, 1.165) is 32.4 Å². The van der Waals surface area contributed by atoms with E-state index in [1.165, 1.54) is 0 Å². The van der Waals surface area contributed by atoms with Crippen LogP contribution < -0.4 is 4.72 Å². The van der Waals surface area contributed by atoms with Crippen molar-refractivity contribution in [2.75, 3.05) is 4.72 Å². The van der Waals surface area contributed by atoms with E-state index in [9.17, 15) is 8.42 Å². The first-order valence-electron chi connectivity index (χ1n) is 8.09. The number of nitrogens with zero attached hydrogens (tertiary/aromatic N) is 1. The normalized spacial score (nSPS) is 11.4. The molecular formula is C20H19BrN2O2S. The number of hydrogen-bond donors (Lipinski definition) is 1. The van der Waals surface area contributed by atoms with Crippen molar-refractivity contribution >= 4 is 31.6 Å². The van der Waals surface area contributed by atoms with Crippen LogP contribution in [0.25, 0.3) is 11.1 Å². The molecule has 0 amide bonds. The van der Waals surface area contributed by atoms with Gasteiger partial charge < -0.3 is 0 Å². The predicted octanol–water partition coefficient (Wildman–Crippen LogP) is 5.24. The molecule has 0 aliphatic rings. The van der Waals surface area contributed by atoms with E-state index in [4.69, 9.17) is 0 Å². The summed E-state index contributed by atoms with van der Waals surface area (Å²) in [5.74, 6) is 0. The first kappa shape index (κ1) is 18.6. The summed E-state index contributed by atoms with van der Waals surface area (Å²) in [6, 6.07) is 14.5. The van der Waals surface area contributed by atoms with Crippen LogP contribution in [0, 0.1) is 20.8 Å². The molecule has 1 heterocycles. The largest absolute Gasteiger partial charge is 0.279 e. The number of rotatable bonds is 4. The third kappa shape index (κ3) is 3.97. The van der Waals surface area contributed by atoms with Crippen molar-refractivity contribution in [3.63, 3.8) is 0 Å². The highest BCUT2D eigenvalue weighted by Gasteiger charge is 2.18. The maximum absolute atomic E-state index is 12.9. The number of nitrogens with one attached hydrogen (secondary N) is 1. The van der Waals surface area contributed by atoms with Gasteiger partial charge in [0.15, 0.2) is 0 Å². The minimum atomic E-state index is -3.68. The standard InChI is InChI=1S/C20H19BrN2O2S/c1-13-4-7-17(8-5-13)26(24,25)23-20-15(3)10-14(2)11-18(20)16-6-9-19(21)22-12-16/h4-12,23H,1-3H3. The minimum Gasteiger partial charge on any atom is -0.279 e. The second-order valence-electron chi connectivity index (χ2n) is 6.29. The Balaban J connectivity index is 2.10. The third-order valence-electron chi connectivity index (χ3n) is 4.09. The Hall–Kier alpha value is -2.18. The van der Waals surface area contributed by atoms with Gasteiger partial charge in [0, 0.05) is 17.3 Å². The summed E-state index contributed by atoms with van der Waals surface area (Å²) in [7, 11) is -3.68. The molecule has 0 spiro atoms. The lowest BCUT2D eigenvalue weighted by atomic mass is 9.99. The van der Waals surface area contributed by atoms with E-state index in [1.807, 2.05) is 45.0 Å². The molecule has 3 rings (SSSR count). The van der Waals surface area contributed by atoms with Crippen LogP contribution in [0.4, 0.5) is 5.69 Å². The summed E-state index contributed by atoms with van der Waals surface area (Å²) in [6.07, 6.45) is 1.72. The summed E-state index contributed by atoms with van der Waals surface area (Å²) in [6.45, 7) is 5.81. The molecule has 3 aromatic rings. The van der Waals surface area contributed by atoms with Crippen molar-refractivity contribution in [2.45, 2.75) is 25.7 Å². The highest BCUT2D eigenvalue weighted by atomic mass is 79.9. The molecule has 134 valence electrons. The van der Waals surface area contributed by atoms with Gasteiger partial charge in [-0.25, -0.2) is 13.4 Å². The number of benzene rings is 2. The molecule has 0 radical (unpaired) electrons. The highest BCUT2D eigenvalue weighted by Crippen LogP contribution is 2.34. The Morgan fingerprint density at radius 1 is 0.923 bits per heavy atom. The fraction of sp³-hybridized carbons (Fsp3) is 0.150. The fourth-order valence-electron chi connectivity index (χ4n) is 2.78. The van der Waals surface area contributed by atoms with Crippen LogP contribution in [0.15, 0.2) is 64.2 Å². The number of halogens is 1. The molecule has 26 heavy (non-hydrogen) atoms.